The van der Waals surface area contributed by atoms with Crippen LogP contribution < -0.4 is 14.9 Å². The molecule has 16 heteroatoms. The summed E-state index contributed by atoms with van der Waals surface area (Å²) in [5.74, 6) is -3.25. The molecule has 1 aliphatic rings. The van der Waals surface area contributed by atoms with E-state index in [1.54, 1.807) is 32.2 Å². The molecule has 0 bridgehead atoms. The van der Waals surface area contributed by atoms with E-state index in [1.165, 1.54) is 25.4 Å². The molecule has 4 rings (SSSR count). The summed E-state index contributed by atoms with van der Waals surface area (Å²) < 4.78 is 67.4. The highest BCUT2D eigenvalue weighted by Gasteiger charge is 2.65. The summed E-state index contributed by atoms with van der Waals surface area (Å²) >= 11 is 0. The molecule has 0 radical (unpaired) electrons. The van der Waals surface area contributed by atoms with Gasteiger partial charge < -0.3 is 24.4 Å². The molecule has 1 fully saturated rings. The molecule has 0 saturated carbocycles. The van der Waals surface area contributed by atoms with Crippen LogP contribution in [0.2, 0.25) is 0 Å². The summed E-state index contributed by atoms with van der Waals surface area (Å²) in [5, 5.41) is 15.9. The van der Waals surface area contributed by atoms with Gasteiger partial charge in [0.05, 0.1) is 13.4 Å². The average Bonchev–Trinajstić information content (AvgIpc) is 3.39. The van der Waals surface area contributed by atoms with Crippen LogP contribution in [0.1, 0.15) is 25.9 Å². The maximum Gasteiger partial charge on any atom is 0.459 e. The van der Waals surface area contributed by atoms with Crippen LogP contribution in [0, 0.1) is 6.92 Å². The number of para-hydroxylation sites is 1. The van der Waals surface area contributed by atoms with E-state index in [2.05, 4.69) is 30.1 Å². The molecule has 0 aliphatic carbocycles. The Kier molecular flexibility index (Phi) is 7.92. The molecule has 1 aliphatic heterocycles. The molecule has 212 valence electrons. The molecule has 39 heavy (non-hydrogen) atoms. The number of anilines is 1. The van der Waals surface area contributed by atoms with Gasteiger partial charge in [-0.25, -0.2) is 28.3 Å². The van der Waals surface area contributed by atoms with Gasteiger partial charge in [-0.05, 0) is 32.9 Å². The normalized spacial score (nSPS) is 27.2. The first-order valence-corrected chi connectivity index (χ1v) is 13.4. The zero-order chi connectivity index (χ0) is 28.6. The molecule has 6 atom stereocenters. The van der Waals surface area contributed by atoms with Crippen LogP contribution in [0.15, 0.2) is 36.7 Å². The van der Waals surface area contributed by atoms with E-state index in [4.69, 9.17) is 13.8 Å². The lowest BCUT2D eigenvalue weighted by molar-refractivity contribution is -0.202. The molecular formula is C23H29F2N6O7P. The third-order valence-electron chi connectivity index (χ3n) is 6.06. The van der Waals surface area contributed by atoms with E-state index in [0.29, 0.717) is 11.6 Å². The van der Waals surface area contributed by atoms with Crippen molar-refractivity contribution < 1.29 is 41.8 Å². The van der Waals surface area contributed by atoms with Gasteiger partial charge in [-0.3, -0.25) is 13.9 Å². The summed E-state index contributed by atoms with van der Waals surface area (Å²) in [6, 6.07) is 6.56. The second kappa shape index (κ2) is 10.7. The van der Waals surface area contributed by atoms with E-state index in [9.17, 15) is 14.5 Å². The molecular weight excluding hydrogens is 541 g/mol. The number of aryl methyl sites for hydroxylation is 1. The van der Waals surface area contributed by atoms with E-state index in [0.717, 1.165) is 18.6 Å². The molecule has 1 aromatic carbocycles. The Morgan fingerprint density at radius 2 is 2.00 bits per heavy atom. The number of aromatic nitrogens is 4. The maximum atomic E-state index is 16.1. The van der Waals surface area contributed by atoms with E-state index >= 15 is 8.78 Å². The lowest BCUT2D eigenvalue weighted by Gasteiger charge is -2.28. The number of carbonyl (C=O) groups is 1. The fourth-order valence-electron chi connectivity index (χ4n) is 4.08. The quantitative estimate of drug-likeness (QED) is 0.242. The number of alkyl halides is 2. The first kappa shape index (κ1) is 28.8. The number of imidazole rings is 1. The highest BCUT2D eigenvalue weighted by molar-refractivity contribution is 7.52. The predicted molar refractivity (Wildman–Crippen MR) is 134 cm³/mol. The number of methoxy groups -OCH3 is 1. The van der Waals surface area contributed by atoms with Crippen molar-refractivity contribution in [3.63, 3.8) is 0 Å². The van der Waals surface area contributed by atoms with E-state index in [-0.39, 0.29) is 16.9 Å². The second-order valence-electron chi connectivity index (χ2n) is 9.05. The van der Waals surface area contributed by atoms with Gasteiger partial charge in [0, 0.05) is 7.05 Å². The SMILES string of the molecule is CNc1nc(C)nc2c1ncn2[C@@H]1O[C@](F)(COP(=O)(N[C@H](C)C(=O)OC)Oc2ccccc2)[C@@H](O)[C@@]1(C)F. The molecule has 1 saturated heterocycles. The van der Waals surface area contributed by atoms with Gasteiger partial charge in [-0.1, -0.05) is 18.2 Å². The minimum Gasteiger partial charge on any atom is -0.468 e. The third kappa shape index (κ3) is 5.58. The van der Waals surface area contributed by atoms with Gasteiger partial charge in [0.25, 0.3) is 5.85 Å². The van der Waals surface area contributed by atoms with E-state index < -0.39 is 50.2 Å². The lowest BCUT2D eigenvalue weighted by atomic mass is 9.97. The number of rotatable bonds is 10. The van der Waals surface area contributed by atoms with Gasteiger partial charge in [0.2, 0.25) is 0 Å². The lowest BCUT2D eigenvalue weighted by Crippen LogP contribution is -2.47. The van der Waals surface area contributed by atoms with Gasteiger partial charge in [0.15, 0.2) is 35.0 Å². The van der Waals surface area contributed by atoms with Crippen LogP contribution in [0.25, 0.3) is 11.2 Å². The average molecular weight is 570 g/mol. The van der Waals surface area contributed by atoms with Gasteiger partial charge >= 0.3 is 13.7 Å². The van der Waals surface area contributed by atoms with Crippen molar-refractivity contribution in [2.45, 2.75) is 50.7 Å². The van der Waals surface area contributed by atoms with Crippen molar-refractivity contribution in [2.75, 3.05) is 26.1 Å². The Morgan fingerprint density at radius 1 is 1.31 bits per heavy atom. The monoisotopic (exact) mass is 570 g/mol. The number of hydrogen-bond acceptors (Lipinski definition) is 11. The number of esters is 1. The number of fused-ring (bicyclic) bond motifs is 1. The molecule has 3 aromatic rings. The van der Waals surface area contributed by atoms with Crippen LogP contribution in [-0.2, 0) is 23.4 Å². The number of carbonyl (C=O) groups excluding carboxylic acids is 1. The first-order chi connectivity index (χ1) is 18.3. The van der Waals surface area contributed by atoms with Crippen molar-refractivity contribution >= 4 is 30.7 Å². The Bertz CT molecular complexity index is 1390. The third-order valence-corrected chi connectivity index (χ3v) is 7.69. The molecule has 3 heterocycles. The zero-order valence-electron chi connectivity index (χ0n) is 21.8. The summed E-state index contributed by atoms with van der Waals surface area (Å²) in [4.78, 5) is 24.6. The number of nitrogens with one attached hydrogen (secondary N) is 2. The van der Waals surface area contributed by atoms with Crippen molar-refractivity contribution in [2.24, 2.45) is 0 Å². The van der Waals surface area contributed by atoms with Crippen molar-refractivity contribution in [1.82, 2.24) is 24.6 Å². The molecule has 1 unspecified atom stereocenters. The fraction of sp³-hybridized carbons (Fsp3) is 0.478. The number of nitrogens with zero attached hydrogens (tertiary/aromatic N) is 4. The zero-order valence-corrected chi connectivity index (χ0v) is 22.7. The second-order valence-corrected chi connectivity index (χ2v) is 10.7. The van der Waals surface area contributed by atoms with E-state index in [1.807, 2.05) is 0 Å². The van der Waals surface area contributed by atoms with Crippen LogP contribution in [0.4, 0.5) is 14.6 Å². The largest absolute Gasteiger partial charge is 0.468 e. The summed E-state index contributed by atoms with van der Waals surface area (Å²) in [7, 11) is -1.78. The number of halogens is 2. The molecule has 2 aromatic heterocycles. The van der Waals surface area contributed by atoms with Crippen molar-refractivity contribution in [1.29, 1.82) is 0 Å². The van der Waals surface area contributed by atoms with Gasteiger partial charge in [0.1, 0.15) is 24.2 Å². The van der Waals surface area contributed by atoms with Crippen LogP contribution in [0.5, 0.6) is 5.75 Å². The van der Waals surface area contributed by atoms with Gasteiger partial charge in [-0.15, -0.1) is 0 Å². The highest BCUT2D eigenvalue weighted by Crippen LogP contribution is 2.52. The Labute approximate surface area is 222 Å². The van der Waals surface area contributed by atoms with Gasteiger partial charge in [-0.2, -0.15) is 5.09 Å². The fourth-order valence-corrected chi connectivity index (χ4v) is 5.59. The number of benzene rings is 1. The molecule has 3 N–H and O–H groups in total. The number of hydrogen-bond donors (Lipinski definition) is 3. The smallest absolute Gasteiger partial charge is 0.459 e. The molecule has 0 spiro atoms. The number of ether oxygens (including phenoxy) is 2. The number of aliphatic hydroxyl groups excluding tert-OH is 1. The highest BCUT2D eigenvalue weighted by atomic mass is 31.2. The predicted octanol–water partition coefficient (Wildman–Crippen LogP) is 2.81. The maximum absolute atomic E-state index is 16.1. The first-order valence-electron chi connectivity index (χ1n) is 11.8. The molecule has 0 amide bonds. The van der Waals surface area contributed by atoms with Crippen LogP contribution in [0.3, 0.4) is 0 Å². The molecule has 13 nitrogen and oxygen atoms in total. The van der Waals surface area contributed by atoms with Crippen molar-refractivity contribution in [3.05, 3.63) is 42.5 Å². The van der Waals surface area contributed by atoms with Crippen LogP contribution >= 0.6 is 7.75 Å². The Balaban J connectivity index is 1.62. The minimum atomic E-state index is -4.52. The standard InChI is InChI=1S/C23H29F2N6O7P/c1-13(19(32)35-5)30-39(34,38-15-9-7-6-8-10-15)36-11-23(25)20(33)22(3,24)21(37-23)31-12-27-16-17(26-4)28-14(2)29-18(16)31/h6-10,12-13,20-21,33H,11H2,1-5H3,(H,30,34)(H,26,28,29)/t13-,20+,21-,22-,23-,39?/m1/s1. The summed E-state index contributed by atoms with van der Waals surface area (Å²) in [6.45, 7) is 2.64. The summed E-state index contributed by atoms with van der Waals surface area (Å²) in [5.41, 5.74) is -2.32. The van der Waals surface area contributed by atoms with Crippen molar-refractivity contribution in [3.8, 4) is 5.75 Å². The summed E-state index contributed by atoms with van der Waals surface area (Å²) in [6.07, 6.45) is -2.96. The Morgan fingerprint density at radius 3 is 2.64 bits per heavy atom. The minimum absolute atomic E-state index is 0.0691. The van der Waals surface area contributed by atoms with Crippen LogP contribution in [-0.4, -0.2) is 75.0 Å². The topological polar surface area (TPSA) is 159 Å². The Hall–Kier alpha value is -3.23. The number of aliphatic hydroxyl groups is 1.